The molecule has 0 aliphatic heterocycles. The van der Waals surface area contributed by atoms with Gasteiger partial charge in [-0.05, 0) is 6.92 Å². The number of hydrogen-bond acceptors (Lipinski definition) is 4. The Labute approximate surface area is 107 Å². The lowest BCUT2D eigenvalue weighted by atomic mass is 10.1. The first kappa shape index (κ1) is 14.3. The number of benzene rings is 1. The van der Waals surface area contributed by atoms with Crippen molar-refractivity contribution in [2.75, 3.05) is 20.7 Å². The molecule has 1 amide bonds. The third kappa shape index (κ3) is 3.94. The standard InChI is InChI=1S/C13H18N2O3/c1-10(13(17)15(2)18-3)14-9-12(16)11-7-5-4-6-8-11/h4-8,10,14H,9H2,1-3H3/t10-/m0/s1. The maximum Gasteiger partial charge on any atom is 0.262 e. The minimum atomic E-state index is -0.470. The molecule has 0 spiro atoms. The summed E-state index contributed by atoms with van der Waals surface area (Å²) >= 11 is 0. The van der Waals surface area contributed by atoms with Crippen LogP contribution in [0.25, 0.3) is 0 Å². The van der Waals surface area contributed by atoms with E-state index in [2.05, 4.69) is 5.32 Å². The van der Waals surface area contributed by atoms with Crippen LogP contribution in [0.4, 0.5) is 0 Å². The van der Waals surface area contributed by atoms with Gasteiger partial charge in [0.1, 0.15) is 0 Å². The van der Waals surface area contributed by atoms with Gasteiger partial charge in [0.25, 0.3) is 5.91 Å². The predicted octanol–water partition coefficient (Wildman–Crippen LogP) is 0.867. The van der Waals surface area contributed by atoms with Crippen LogP contribution in [0.2, 0.25) is 0 Å². The molecule has 0 aromatic heterocycles. The molecular weight excluding hydrogens is 232 g/mol. The van der Waals surface area contributed by atoms with Crippen molar-refractivity contribution in [1.29, 1.82) is 0 Å². The van der Waals surface area contributed by atoms with Crippen LogP contribution in [0.1, 0.15) is 17.3 Å². The lowest BCUT2D eigenvalue weighted by molar-refractivity contribution is -0.170. The van der Waals surface area contributed by atoms with Gasteiger partial charge in [-0.3, -0.25) is 19.7 Å². The molecule has 0 bridgehead atoms. The van der Waals surface area contributed by atoms with E-state index in [1.165, 1.54) is 14.2 Å². The van der Waals surface area contributed by atoms with Crippen LogP contribution in [-0.2, 0) is 9.63 Å². The molecule has 1 rings (SSSR count). The largest absolute Gasteiger partial charge is 0.299 e. The fraction of sp³-hybridized carbons (Fsp3) is 0.385. The molecule has 0 radical (unpaired) electrons. The summed E-state index contributed by atoms with van der Waals surface area (Å²) in [5.41, 5.74) is 0.629. The van der Waals surface area contributed by atoms with Crippen LogP contribution in [0.3, 0.4) is 0 Å². The van der Waals surface area contributed by atoms with E-state index in [4.69, 9.17) is 4.84 Å². The maximum absolute atomic E-state index is 11.8. The number of nitrogens with one attached hydrogen (secondary N) is 1. The molecule has 0 unspecified atom stereocenters. The summed E-state index contributed by atoms with van der Waals surface area (Å²) < 4.78 is 0. The van der Waals surface area contributed by atoms with Crippen LogP contribution in [-0.4, -0.2) is 43.5 Å². The number of carbonyl (C=O) groups is 2. The Bertz CT molecular complexity index is 406. The maximum atomic E-state index is 11.8. The monoisotopic (exact) mass is 250 g/mol. The fourth-order valence-corrected chi connectivity index (χ4v) is 1.42. The van der Waals surface area contributed by atoms with Crippen LogP contribution in [0, 0.1) is 0 Å². The normalized spacial score (nSPS) is 11.9. The predicted molar refractivity (Wildman–Crippen MR) is 68.0 cm³/mol. The van der Waals surface area contributed by atoms with Crippen LogP contribution in [0.15, 0.2) is 30.3 Å². The molecule has 1 aromatic rings. The summed E-state index contributed by atoms with van der Waals surface area (Å²) in [6.07, 6.45) is 0. The molecule has 0 saturated heterocycles. The fourth-order valence-electron chi connectivity index (χ4n) is 1.42. The molecular formula is C13H18N2O3. The van der Waals surface area contributed by atoms with Gasteiger partial charge in [0.05, 0.1) is 19.7 Å². The summed E-state index contributed by atoms with van der Waals surface area (Å²) in [5.74, 6) is -0.270. The minimum absolute atomic E-state index is 0.0460. The van der Waals surface area contributed by atoms with Crippen LogP contribution in [0.5, 0.6) is 0 Å². The second-order valence-corrected chi connectivity index (χ2v) is 3.91. The van der Waals surface area contributed by atoms with Crippen molar-refractivity contribution in [3.8, 4) is 0 Å². The highest BCUT2D eigenvalue weighted by Gasteiger charge is 2.18. The lowest BCUT2D eigenvalue weighted by Crippen LogP contribution is -2.44. The van der Waals surface area contributed by atoms with Gasteiger partial charge in [0.15, 0.2) is 5.78 Å². The Morgan fingerprint density at radius 1 is 1.33 bits per heavy atom. The summed E-state index contributed by atoms with van der Waals surface area (Å²) in [4.78, 5) is 28.2. The number of ketones is 1. The Kier molecular flexibility index (Phi) is 5.48. The lowest BCUT2D eigenvalue weighted by Gasteiger charge is -2.19. The van der Waals surface area contributed by atoms with Crippen LogP contribution < -0.4 is 5.32 Å². The van der Waals surface area contributed by atoms with Gasteiger partial charge in [-0.25, -0.2) is 5.06 Å². The topological polar surface area (TPSA) is 58.6 Å². The molecule has 18 heavy (non-hydrogen) atoms. The average molecular weight is 250 g/mol. The number of amides is 1. The van der Waals surface area contributed by atoms with E-state index in [1.807, 2.05) is 6.07 Å². The number of carbonyl (C=O) groups excluding carboxylic acids is 2. The number of hydrogen-bond donors (Lipinski definition) is 1. The van der Waals surface area contributed by atoms with Crippen molar-refractivity contribution in [2.45, 2.75) is 13.0 Å². The van der Waals surface area contributed by atoms with E-state index in [9.17, 15) is 9.59 Å². The molecule has 98 valence electrons. The number of likely N-dealkylation sites (N-methyl/N-ethyl adjacent to an activating group) is 1. The molecule has 1 atom stereocenters. The molecule has 0 aliphatic rings. The van der Waals surface area contributed by atoms with E-state index < -0.39 is 6.04 Å². The minimum Gasteiger partial charge on any atom is -0.299 e. The highest BCUT2D eigenvalue weighted by Crippen LogP contribution is 1.99. The van der Waals surface area contributed by atoms with Gasteiger partial charge >= 0.3 is 0 Å². The molecule has 0 fully saturated rings. The van der Waals surface area contributed by atoms with Gasteiger partial charge in [-0.1, -0.05) is 30.3 Å². The highest BCUT2D eigenvalue weighted by atomic mass is 16.7. The first-order chi connectivity index (χ1) is 8.56. The first-order valence-electron chi connectivity index (χ1n) is 5.69. The third-order valence-corrected chi connectivity index (χ3v) is 2.62. The molecule has 1 aromatic carbocycles. The SMILES string of the molecule is CON(C)C(=O)[C@H](C)NCC(=O)c1ccccc1. The zero-order valence-electron chi connectivity index (χ0n) is 10.8. The van der Waals surface area contributed by atoms with Crippen molar-refractivity contribution in [3.63, 3.8) is 0 Å². The van der Waals surface area contributed by atoms with Crippen molar-refractivity contribution < 1.29 is 14.4 Å². The molecule has 1 N–H and O–H groups in total. The van der Waals surface area contributed by atoms with E-state index in [0.29, 0.717) is 5.56 Å². The molecule has 5 nitrogen and oxygen atoms in total. The second kappa shape index (κ2) is 6.88. The van der Waals surface area contributed by atoms with E-state index in [0.717, 1.165) is 5.06 Å². The van der Waals surface area contributed by atoms with Crippen molar-refractivity contribution in [1.82, 2.24) is 10.4 Å². The Morgan fingerprint density at radius 3 is 2.50 bits per heavy atom. The Balaban J connectivity index is 2.46. The quantitative estimate of drug-likeness (QED) is 0.601. The van der Waals surface area contributed by atoms with Gasteiger partial charge in [-0.2, -0.15) is 0 Å². The Morgan fingerprint density at radius 2 is 1.94 bits per heavy atom. The van der Waals surface area contributed by atoms with Crippen molar-refractivity contribution in [2.24, 2.45) is 0 Å². The number of hydroxylamine groups is 2. The van der Waals surface area contributed by atoms with Crippen molar-refractivity contribution in [3.05, 3.63) is 35.9 Å². The first-order valence-corrected chi connectivity index (χ1v) is 5.69. The van der Waals surface area contributed by atoms with E-state index in [1.54, 1.807) is 31.2 Å². The molecule has 0 aliphatic carbocycles. The summed E-state index contributed by atoms with van der Waals surface area (Å²) in [5, 5.41) is 4.00. The summed E-state index contributed by atoms with van der Waals surface area (Å²) in [6, 6.07) is 8.49. The second-order valence-electron chi connectivity index (χ2n) is 3.91. The smallest absolute Gasteiger partial charge is 0.262 e. The average Bonchev–Trinajstić information content (AvgIpc) is 2.43. The van der Waals surface area contributed by atoms with Crippen LogP contribution >= 0.6 is 0 Å². The summed E-state index contributed by atoms with van der Waals surface area (Å²) in [6.45, 7) is 1.81. The van der Waals surface area contributed by atoms with E-state index >= 15 is 0 Å². The van der Waals surface area contributed by atoms with Crippen molar-refractivity contribution >= 4 is 11.7 Å². The highest BCUT2D eigenvalue weighted by molar-refractivity contribution is 5.97. The molecule has 5 heteroatoms. The van der Waals surface area contributed by atoms with Gasteiger partial charge in [0.2, 0.25) is 0 Å². The molecule has 0 heterocycles. The third-order valence-electron chi connectivity index (χ3n) is 2.62. The van der Waals surface area contributed by atoms with E-state index in [-0.39, 0.29) is 18.2 Å². The van der Waals surface area contributed by atoms with Gasteiger partial charge < -0.3 is 0 Å². The number of rotatable bonds is 6. The Hall–Kier alpha value is -1.72. The summed E-state index contributed by atoms with van der Waals surface area (Å²) in [7, 11) is 2.94. The zero-order chi connectivity index (χ0) is 13.5. The van der Waals surface area contributed by atoms with Gasteiger partial charge in [-0.15, -0.1) is 0 Å². The zero-order valence-corrected chi connectivity index (χ0v) is 10.8. The molecule has 0 saturated carbocycles. The number of Topliss-reactive ketones (excluding diaryl/α,β-unsaturated/α-hetero) is 1. The van der Waals surface area contributed by atoms with Gasteiger partial charge in [0, 0.05) is 12.6 Å². The number of nitrogens with zero attached hydrogens (tertiary/aromatic N) is 1.